The highest BCUT2D eigenvalue weighted by molar-refractivity contribution is 7.20. The number of nitrogens with zero attached hydrogens (tertiary/aromatic N) is 2. The summed E-state index contributed by atoms with van der Waals surface area (Å²) >= 11 is 0. The van der Waals surface area contributed by atoms with Crippen molar-refractivity contribution in [3.05, 3.63) is 255 Å². The van der Waals surface area contributed by atoms with E-state index >= 15 is 0 Å². The fourth-order valence-corrected chi connectivity index (χ4v) is 15.2. The first kappa shape index (κ1) is 36.8. The zero-order valence-electron chi connectivity index (χ0n) is 34.6. The van der Waals surface area contributed by atoms with Crippen LogP contribution in [0.1, 0.15) is 0 Å². The second-order valence-electron chi connectivity index (χ2n) is 16.4. The lowest BCUT2D eigenvalue weighted by Gasteiger charge is -2.37. The minimum atomic E-state index is -3.06. The smallest absolute Gasteiger partial charge is 0.179 e. The molecule has 3 heteroatoms. The van der Waals surface area contributed by atoms with Crippen LogP contribution in [0, 0.1) is 0 Å². The van der Waals surface area contributed by atoms with Crippen molar-refractivity contribution in [2.45, 2.75) is 0 Å². The Kier molecular flexibility index (Phi) is 8.87. The molecular weight excluding hydrogens is 777 g/mol. The lowest BCUT2D eigenvalue weighted by atomic mass is 9.95. The SMILES string of the molecule is c1ccc([Si](c2ccccc2)(c2ccccc2)c2cc(N3c4ccccc4-c4ccccc4-c4ccccc43)cc(N3c4ccccc4-c4ccccc4-c4ccccc43)c2)cc1. The number of rotatable bonds is 6. The van der Waals surface area contributed by atoms with Crippen LogP contribution in [0.4, 0.5) is 34.1 Å². The van der Waals surface area contributed by atoms with Crippen LogP contribution < -0.4 is 30.5 Å². The van der Waals surface area contributed by atoms with Crippen molar-refractivity contribution in [3.63, 3.8) is 0 Å². The van der Waals surface area contributed by atoms with Crippen LogP contribution in [-0.4, -0.2) is 8.07 Å². The maximum absolute atomic E-state index is 3.06. The molecule has 10 aromatic carbocycles. The fourth-order valence-electron chi connectivity index (χ4n) is 10.4. The van der Waals surface area contributed by atoms with Gasteiger partial charge in [0.1, 0.15) is 0 Å². The minimum Gasteiger partial charge on any atom is -0.309 e. The molecule has 0 unspecified atom stereocenters. The quantitative estimate of drug-likeness (QED) is 0.122. The van der Waals surface area contributed by atoms with Crippen LogP contribution in [0.15, 0.2) is 255 Å². The Bertz CT molecular complexity index is 2920. The van der Waals surface area contributed by atoms with Gasteiger partial charge in [-0.25, -0.2) is 0 Å². The first-order chi connectivity index (χ1) is 31.3. The van der Waals surface area contributed by atoms with E-state index in [0.717, 1.165) is 34.1 Å². The van der Waals surface area contributed by atoms with E-state index < -0.39 is 8.07 Å². The van der Waals surface area contributed by atoms with Crippen molar-refractivity contribution >= 4 is 62.9 Å². The Labute approximate surface area is 370 Å². The summed E-state index contributed by atoms with van der Waals surface area (Å²) in [5, 5.41) is 5.29. The third kappa shape index (κ3) is 5.85. The van der Waals surface area contributed by atoms with Gasteiger partial charge in [0.15, 0.2) is 8.07 Å². The van der Waals surface area contributed by atoms with E-state index in [0.29, 0.717) is 0 Å². The summed E-state index contributed by atoms with van der Waals surface area (Å²) in [4.78, 5) is 5.06. The number of anilines is 6. The Morgan fingerprint density at radius 3 is 0.730 bits per heavy atom. The molecule has 0 spiro atoms. The van der Waals surface area contributed by atoms with Crippen LogP contribution >= 0.6 is 0 Å². The topological polar surface area (TPSA) is 6.48 Å². The van der Waals surface area contributed by atoms with E-state index in [-0.39, 0.29) is 0 Å². The standard InChI is InChI=1S/C60H42N2Si/c1-4-22-45(23-5-1)63(46-24-6-2-7-25-46,47-26-8-3-9-27-47)48-41-43(61-57-36-18-14-32-53(57)49-28-10-11-29-50(49)54-33-15-19-37-58(54)61)40-44(42-48)62-59-38-20-16-34-55(59)51-30-12-13-31-52(51)56-35-17-21-39-60(56)62/h1-42H. The molecule has 0 atom stereocenters. The largest absolute Gasteiger partial charge is 0.309 e. The number of hydrogen-bond donors (Lipinski definition) is 0. The van der Waals surface area contributed by atoms with Gasteiger partial charge in [-0.05, 0) is 85.5 Å². The molecule has 10 aromatic rings. The van der Waals surface area contributed by atoms with Crippen molar-refractivity contribution in [3.8, 4) is 44.5 Å². The van der Waals surface area contributed by atoms with E-state index in [4.69, 9.17) is 0 Å². The second-order valence-corrected chi connectivity index (χ2v) is 20.2. The van der Waals surface area contributed by atoms with Gasteiger partial charge in [0.05, 0.1) is 22.7 Å². The molecule has 0 fully saturated rings. The molecule has 2 aliphatic heterocycles. The highest BCUT2D eigenvalue weighted by atomic mass is 28.3. The molecule has 0 radical (unpaired) electrons. The highest BCUT2D eigenvalue weighted by Crippen LogP contribution is 2.53. The maximum Gasteiger partial charge on any atom is 0.179 e. The minimum absolute atomic E-state index is 1.10. The predicted molar refractivity (Wildman–Crippen MR) is 268 cm³/mol. The van der Waals surface area contributed by atoms with Crippen molar-refractivity contribution in [1.82, 2.24) is 0 Å². The van der Waals surface area contributed by atoms with E-state index in [9.17, 15) is 0 Å². The average molecular weight is 819 g/mol. The van der Waals surface area contributed by atoms with Gasteiger partial charge in [-0.15, -0.1) is 0 Å². The molecule has 0 aliphatic carbocycles. The zero-order valence-corrected chi connectivity index (χ0v) is 35.6. The molecule has 0 saturated carbocycles. The van der Waals surface area contributed by atoms with Crippen LogP contribution in [-0.2, 0) is 0 Å². The van der Waals surface area contributed by atoms with Crippen LogP contribution in [0.2, 0.25) is 0 Å². The number of hydrogen-bond acceptors (Lipinski definition) is 2. The average Bonchev–Trinajstić information content (AvgIpc) is 3.57. The Hall–Kier alpha value is -7.98. The normalized spacial score (nSPS) is 12.4. The zero-order chi connectivity index (χ0) is 41.7. The summed E-state index contributed by atoms with van der Waals surface area (Å²) in [5.74, 6) is 0. The number of benzene rings is 10. The molecule has 63 heavy (non-hydrogen) atoms. The van der Waals surface area contributed by atoms with Gasteiger partial charge >= 0.3 is 0 Å². The molecule has 2 heterocycles. The molecule has 0 aromatic heterocycles. The molecular formula is C60H42N2Si. The summed E-state index contributed by atoms with van der Waals surface area (Å²) < 4.78 is 0. The van der Waals surface area contributed by atoms with E-state index in [1.807, 2.05) is 0 Å². The van der Waals surface area contributed by atoms with E-state index in [2.05, 4.69) is 265 Å². The summed E-state index contributed by atoms with van der Waals surface area (Å²) in [6.45, 7) is 0. The molecule has 0 bridgehead atoms. The molecule has 0 N–H and O–H groups in total. The summed E-state index contributed by atoms with van der Waals surface area (Å²) in [6.07, 6.45) is 0. The Balaban J connectivity index is 1.25. The number of fused-ring (bicyclic) bond motifs is 10. The summed E-state index contributed by atoms with van der Waals surface area (Å²) in [7, 11) is -3.06. The molecule has 296 valence electrons. The summed E-state index contributed by atoms with van der Waals surface area (Å²) in [5.41, 5.74) is 16.5. The molecule has 0 saturated heterocycles. The molecule has 12 rings (SSSR count). The monoisotopic (exact) mass is 818 g/mol. The van der Waals surface area contributed by atoms with Crippen LogP contribution in [0.25, 0.3) is 44.5 Å². The molecule has 0 amide bonds. The first-order valence-corrected chi connectivity index (χ1v) is 23.8. The van der Waals surface area contributed by atoms with Gasteiger partial charge in [0, 0.05) is 33.6 Å². The Morgan fingerprint density at radius 2 is 0.444 bits per heavy atom. The number of para-hydroxylation sites is 4. The van der Waals surface area contributed by atoms with Gasteiger partial charge in [-0.3, -0.25) is 0 Å². The first-order valence-electron chi connectivity index (χ1n) is 21.8. The van der Waals surface area contributed by atoms with Crippen molar-refractivity contribution in [1.29, 1.82) is 0 Å². The maximum atomic E-state index is 2.53. The summed E-state index contributed by atoms with van der Waals surface area (Å²) in [6, 6.07) is 94.9. The van der Waals surface area contributed by atoms with Gasteiger partial charge in [-0.2, -0.15) is 0 Å². The van der Waals surface area contributed by atoms with Crippen molar-refractivity contribution in [2.75, 3.05) is 9.80 Å². The Morgan fingerprint density at radius 1 is 0.206 bits per heavy atom. The second kappa shape index (κ2) is 15.2. The molecule has 2 aliphatic rings. The van der Waals surface area contributed by atoms with Crippen LogP contribution in [0.5, 0.6) is 0 Å². The van der Waals surface area contributed by atoms with Gasteiger partial charge in [-0.1, -0.05) is 212 Å². The van der Waals surface area contributed by atoms with Crippen LogP contribution in [0.3, 0.4) is 0 Å². The third-order valence-corrected chi connectivity index (χ3v) is 17.8. The van der Waals surface area contributed by atoms with Gasteiger partial charge in [0.2, 0.25) is 0 Å². The van der Waals surface area contributed by atoms with Gasteiger partial charge < -0.3 is 9.80 Å². The van der Waals surface area contributed by atoms with Crippen molar-refractivity contribution in [2.24, 2.45) is 0 Å². The van der Waals surface area contributed by atoms with Crippen molar-refractivity contribution < 1.29 is 0 Å². The van der Waals surface area contributed by atoms with Gasteiger partial charge in [0.25, 0.3) is 0 Å². The lowest BCUT2D eigenvalue weighted by Crippen LogP contribution is -2.74. The van der Waals surface area contributed by atoms with E-state index in [1.165, 1.54) is 65.3 Å². The van der Waals surface area contributed by atoms with E-state index in [1.54, 1.807) is 0 Å². The lowest BCUT2D eigenvalue weighted by molar-refractivity contribution is 1.26. The highest BCUT2D eigenvalue weighted by Gasteiger charge is 2.43. The fraction of sp³-hybridized carbons (Fsp3) is 0. The third-order valence-electron chi connectivity index (χ3n) is 13.1. The predicted octanol–water partition coefficient (Wildman–Crippen LogP) is 13.3. The molecule has 2 nitrogen and oxygen atoms in total.